The van der Waals surface area contributed by atoms with Gasteiger partial charge in [-0.15, -0.1) is 0 Å². The van der Waals surface area contributed by atoms with E-state index in [2.05, 4.69) is 20.8 Å². The molecule has 8 nitrogen and oxygen atoms in total. The summed E-state index contributed by atoms with van der Waals surface area (Å²) in [6.45, 7) is 2.43. The third kappa shape index (κ3) is 4.27. The van der Waals surface area contributed by atoms with E-state index in [0.717, 1.165) is 22.5 Å². The highest BCUT2D eigenvalue weighted by Crippen LogP contribution is 2.23. The fourth-order valence-corrected chi connectivity index (χ4v) is 2.94. The maximum Gasteiger partial charge on any atom is 0.345 e. The molecule has 0 amide bonds. The average Bonchev–Trinajstić information content (AvgIpc) is 3.22. The normalized spacial score (nSPS) is 10.6. The second kappa shape index (κ2) is 8.44. The van der Waals surface area contributed by atoms with E-state index in [1.165, 1.54) is 4.68 Å². The lowest BCUT2D eigenvalue weighted by atomic mass is 10.1. The van der Waals surface area contributed by atoms with Crippen LogP contribution in [-0.2, 0) is 6.54 Å². The van der Waals surface area contributed by atoms with Crippen LogP contribution in [0, 0.1) is 6.92 Å². The van der Waals surface area contributed by atoms with Gasteiger partial charge in [0.1, 0.15) is 5.75 Å². The maximum absolute atomic E-state index is 11.2. The minimum absolute atomic E-state index is 0.243. The molecule has 0 fully saturated rings. The van der Waals surface area contributed by atoms with Crippen LogP contribution in [0.1, 0.15) is 21.5 Å². The predicted molar refractivity (Wildman–Crippen MR) is 111 cm³/mol. The largest absolute Gasteiger partial charge is 0.478 e. The zero-order valence-electron chi connectivity index (χ0n) is 16.2. The number of benzene rings is 3. The van der Waals surface area contributed by atoms with E-state index in [4.69, 9.17) is 4.74 Å². The summed E-state index contributed by atoms with van der Waals surface area (Å²) in [7, 11) is 0. The van der Waals surface area contributed by atoms with Crippen LogP contribution in [-0.4, -0.2) is 31.3 Å². The lowest BCUT2D eigenvalue weighted by Gasteiger charge is -2.12. The Balaban J connectivity index is 1.49. The summed E-state index contributed by atoms with van der Waals surface area (Å²) in [5.74, 6) is -0.359. The smallest absolute Gasteiger partial charge is 0.345 e. The summed E-state index contributed by atoms with van der Waals surface area (Å²) in [5, 5.41) is 24.1. The van der Waals surface area contributed by atoms with Crippen LogP contribution in [0.15, 0.2) is 72.8 Å². The van der Waals surface area contributed by atoms with Crippen LogP contribution in [0.3, 0.4) is 0 Å². The Morgan fingerprint density at radius 2 is 1.90 bits per heavy atom. The molecule has 0 saturated heterocycles. The number of tetrazole rings is 1. The van der Waals surface area contributed by atoms with Gasteiger partial charge in [0, 0.05) is 12.2 Å². The Hall–Kier alpha value is -4.20. The number of nitrogens with zero attached hydrogens (tertiary/aromatic N) is 4. The van der Waals surface area contributed by atoms with Crippen molar-refractivity contribution in [2.24, 2.45) is 0 Å². The number of carbonyl (C=O) groups is 1. The van der Waals surface area contributed by atoms with Gasteiger partial charge >= 0.3 is 12.0 Å². The van der Waals surface area contributed by atoms with Gasteiger partial charge in [-0.05, 0) is 64.9 Å². The van der Waals surface area contributed by atoms with Gasteiger partial charge in [0.05, 0.1) is 11.3 Å². The topological polar surface area (TPSA) is 102 Å². The van der Waals surface area contributed by atoms with Crippen LogP contribution in [0.2, 0.25) is 0 Å². The number of aromatic nitrogens is 4. The third-order valence-corrected chi connectivity index (χ3v) is 4.52. The molecule has 0 aliphatic heterocycles. The first-order chi connectivity index (χ1) is 14.6. The van der Waals surface area contributed by atoms with E-state index >= 15 is 0 Å². The van der Waals surface area contributed by atoms with E-state index in [0.29, 0.717) is 12.3 Å². The molecular formula is C22H19N5O3. The number of para-hydroxylation sites is 1. The van der Waals surface area contributed by atoms with Gasteiger partial charge in [0.25, 0.3) is 0 Å². The van der Waals surface area contributed by atoms with Crippen LogP contribution in [0.25, 0.3) is 5.69 Å². The molecule has 0 atom stereocenters. The molecule has 0 bridgehead atoms. The van der Waals surface area contributed by atoms with Crippen molar-refractivity contribution in [3.8, 4) is 17.4 Å². The number of ether oxygens (including phenoxy) is 1. The second-order valence-electron chi connectivity index (χ2n) is 6.65. The molecule has 0 unspecified atom stereocenters. The van der Waals surface area contributed by atoms with E-state index in [1.54, 1.807) is 18.2 Å². The molecule has 1 heterocycles. The summed E-state index contributed by atoms with van der Waals surface area (Å²) < 4.78 is 7.41. The van der Waals surface area contributed by atoms with Crippen molar-refractivity contribution in [3.63, 3.8) is 0 Å². The second-order valence-corrected chi connectivity index (χ2v) is 6.65. The third-order valence-electron chi connectivity index (χ3n) is 4.52. The van der Waals surface area contributed by atoms with Gasteiger partial charge < -0.3 is 15.2 Å². The van der Waals surface area contributed by atoms with Crippen molar-refractivity contribution in [2.45, 2.75) is 13.5 Å². The summed E-state index contributed by atoms with van der Waals surface area (Å²) in [4.78, 5) is 11.2. The van der Waals surface area contributed by atoms with E-state index in [-0.39, 0.29) is 11.6 Å². The fourth-order valence-electron chi connectivity index (χ4n) is 2.94. The number of carboxylic acid groups (broad SMARTS) is 1. The summed E-state index contributed by atoms with van der Waals surface area (Å²) in [5.41, 5.74) is 3.74. The van der Waals surface area contributed by atoms with Crippen molar-refractivity contribution in [2.75, 3.05) is 5.32 Å². The quantitative estimate of drug-likeness (QED) is 0.481. The maximum atomic E-state index is 11.2. The van der Waals surface area contributed by atoms with Gasteiger partial charge in [-0.2, -0.15) is 4.68 Å². The van der Waals surface area contributed by atoms with Crippen LogP contribution in [0.5, 0.6) is 11.8 Å². The van der Waals surface area contributed by atoms with Crippen LogP contribution < -0.4 is 10.1 Å². The van der Waals surface area contributed by atoms with Gasteiger partial charge in [0.15, 0.2) is 0 Å². The average molecular weight is 401 g/mol. The Labute approximate surface area is 172 Å². The molecule has 0 saturated carbocycles. The van der Waals surface area contributed by atoms with E-state index in [1.807, 2.05) is 61.5 Å². The lowest BCUT2D eigenvalue weighted by Crippen LogP contribution is -2.04. The molecule has 0 radical (unpaired) electrons. The Bertz CT molecular complexity index is 1170. The molecule has 0 aliphatic rings. The SMILES string of the molecule is Cc1ccc(C(=O)O)cc1NCc1cccc(Oc2nnnn2-c2ccccc2)c1. The van der Waals surface area contributed by atoms with Gasteiger partial charge in [-0.1, -0.05) is 41.5 Å². The summed E-state index contributed by atoms with van der Waals surface area (Å²) in [6.07, 6.45) is 0. The number of rotatable bonds is 7. The molecule has 30 heavy (non-hydrogen) atoms. The molecule has 0 spiro atoms. The zero-order chi connectivity index (χ0) is 20.9. The molecule has 4 aromatic rings. The number of anilines is 1. The summed E-state index contributed by atoms with van der Waals surface area (Å²) >= 11 is 0. The summed E-state index contributed by atoms with van der Waals surface area (Å²) in [6, 6.07) is 22.3. The molecule has 3 aromatic carbocycles. The number of hydrogen-bond acceptors (Lipinski definition) is 6. The number of aryl methyl sites for hydroxylation is 1. The molecule has 150 valence electrons. The molecule has 4 rings (SSSR count). The van der Waals surface area contributed by atoms with Crippen molar-refractivity contribution >= 4 is 11.7 Å². The fraction of sp³-hybridized carbons (Fsp3) is 0.0909. The van der Waals surface area contributed by atoms with E-state index < -0.39 is 5.97 Å². The van der Waals surface area contributed by atoms with Crippen molar-refractivity contribution < 1.29 is 14.6 Å². The molecular weight excluding hydrogens is 382 g/mol. The molecule has 2 N–H and O–H groups in total. The van der Waals surface area contributed by atoms with Gasteiger partial charge in [0.2, 0.25) is 0 Å². The van der Waals surface area contributed by atoms with Crippen LogP contribution in [0.4, 0.5) is 5.69 Å². The number of hydrogen-bond donors (Lipinski definition) is 2. The monoisotopic (exact) mass is 401 g/mol. The highest BCUT2D eigenvalue weighted by molar-refractivity contribution is 5.89. The number of nitrogens with one attached hydrogen (secondary N) is 1. The first kappa shape index (κ1) is 19.1. The van der Waals surface area contributed by atoms with Crippen molar-refractivity contribution in [1.29, 1.82) is 0 Å². The minimum atomic E-state index is -0.954. The molecule has 0 aliphatic carbocycles. The Morgan fingerprint density at radius 1 is 1.07 bits per heavy atom. The van der Waals surface area contributed by atoms with Gasteiger partial charge in [-0.25, -0.2) is 4.79 Å². The number of carboxylic acids is 1. The minimum Gasteiger partial charge on any atom is -0.478 e. The highest BCUT2D eigenvalue weighted by atomic mass is 16.5. The highest BCUT2D eigenvalue weighted by Gasteiger charge is 2.11. The van der Waals surface area contributed by atoms with Crippen LogP contribution >= 0.6 is 0 Å². The van der Waals surface area contributed by atoms with E-state index in [9.17, 15) is 9.90 Å². The Kier molecular flexibility index (Phi) is 5.38. The molecule has 8 heteroatoms. The van der Waals surface area contributed by atoms with Crippen molar-refractivity contribution in [1.82, 2.24) is 20.2 Å². The molecule has 1 aromatic heterocycles. The first-order valence-corrected chi connectivity index (χ1v) is 9.28. The standard InChI is InChI=1S/C22H19N5O3/c1-15-10-11-17(21(28)29)13-20(15)23-14-16-6-5-9-19(12-16)30-22-24-25-26-27(22)18-7-3-2-4-8-18/h2-13,23H,14H2,1H3,(H,28,29). The number of aromatic carboxylic acids is 1. The van der Waals surface area contributed by atoms with Gasteiger partial charge in [-0.3, -0.25) is 0 Å². The Morgan fingerprint density at radius 3 is 2.70 bits per heavy atom. The lowest BCUT2D eigenvalue weighted by molar-refractivity contribution is 0.0697. The zero-order valence-corrected chi connectivity index (χ0v) is 16.2. The first-order valence-electron chi connectivity index (χ1n) is 9.28. The predicted octanol–water partition coefficient (Wildman–Crippen LogP) is 4.07. The van der Waals surface area contributed by atoms with Crippen molar-refractivity contribution in [3.05, 3.63) is 89.5 Å².